The van der Waals surface area contributed by atoms with Crippen LogP contribution in [0.5, 0.6) is 0 Å². The van der Waals surface area contributed by atoms with Crippen molar-refractivity contribution in [2.24, 2.45) is 5.41 Å². The fraction of sp³-hybridized carbons (Fsp3) is 1.00. The molecule has 0 saturated carbocycles. The van der Waals surface area contributed by atoms with Crippen molar-refractivity contribution in [1.29, 1.82) is 0 Å². The molecule has 6 heteroatoms. The molecular formula is C8H21NO5. The summed E-state index contributed by atoms with van der Waals surface area (Å²) in [5.74, 6) is 0. The smallest absolute Gasteiger partial charge is 0.0627 e. The highest BCUT2D eigenvalue weighted by Crippen LogP contribution is 2.11. The standard InChI is InChI=1S/C5H12O4.C3H9NO/c6-1-5(2-7,3-8)4-9;1-4-2-3-5/h6-9H,1-4H2;4-5H,2-3H2,1H3. The van der Waals surface area contributed by atoms with Crippen LogP contribution in [0.15, 0.2) is 0 Å². The van der Waals surface area contributed by atoms with Crippen molar-refractivity contribution in [2.75, 3.05) is 46.6 Å². The Kier molecular flexibility index (Phi) is 12.5. The van der Waals surface area contributed by atoms with Crippen LogP contribution in [0.2, 0.25) is 0 Å². The van der Waals surface area contributed by atoms with E-state index in [2.05, 4.69) is 5.32 Å². The van der Waals surface area contributed by atoms with Crippen molar-refractivity contribution in [3.05, 3.63) is 0 Å². The summed E-state index contributed by atoms with van der Waals surface area (Å²) in [4.78, 5) is 0. The zero-order chi connectivity index (χ0) is 11.4. The van der Waals surface area contributed by atoms with E-state index in [-0.39, 0.29) is 6.61 Å². The Morgan fingerprint density at radius 2 is 1.21 bits per heavy atom. The molecule has 0 unspecified atom stereocenters. The molecule has 0 aromatic rings. The van der Waals surface area contributed by atoms with E-state index in [0.717, 1.165) is 0 Å². The summed E-state index contributed by atoms with van der Waals surface area (Å²) in [6.45, 7) is -0.698. The molecular weight excluding hydrogens is 190 g/mol. The number of aliphatic hydroxyl groups is 5. The molecule has 14 heavy (non-hydrogen) atoms. The normalized spacial score (nSPS) is 10.7. The molecule has 0 aliphatic rings. The highest BCUT2D eigenvalue weighted by atomic mass is 16.3. The predicted molar refractivity (Wildman–Crippen MR) is 51.8 cm³/mol. The SMILES string of the molecule is CNCCO.OCC(CO)(CO)CO. The van der Waals surface area contributed by atoms with Crippen molar-refractivity contribution in [3.63, 3.8) is 0 Å². The van der Waals surface area contributed by atoms with Crippen LogP contribution in [-0.2, 0) is 0 Å². The van der Waals surface area contributed by atoms with Gasteiger partial charge in [-0.1, -0.05) is 0 Å². The summed E-state index contributed by atoms with van der Waals surface area (Å²) in [5, 5.41) is 44.8. The van der Waals surface area contributed by atoms with E-state index in [9.17, 15) is 0 Å². The zero-order valence-corrected chi connectivity index (χ0v) is 8.48. The summed E-state index contributed by atoms with van der Waals surface area (Å²) < 4.78 is 0. The number of nitrogens with one attached hydrogen (secondary N) is 1. The van der Waals surface area contributed by atoms with Gasteiger partial charge in [-0.15, -0.1) is 0 Å². The molecule has 0 fully saturated rings. The van der Waals surface area contributed by atoms with Crippen LogP contribution in [-0.4, -0.2) is 72.2 Å². The van der Waals surface area contributed by atoms with Crippen molar-refractivity contribution in [3.8, 4) is 0 Å². The average Bonchev–Trinajstić information content (AvgIpc) is 2.24. The number of hydrogen-bond acceptors (Lipinski definition) is 6. The molecule has 0 radical (unpaired) electrons. The van der Waals surface area contributed by atoms with Crippen LogP contribution < -0.4 is 5.32 Å². The van der Waals surface area contributed by atoms with Gasteiger partial charge in [-0.3, -0.25) is 0 Å². The van der Waals surface area contributed by atoms with Crippen LogP contribution in [0.1, 0.15) is 0 Å². The van der Waals surface area contributed by atoms with Crippen LogP contribution >= 0.6 is 0 Å². The molecule has 0 bridgehead atoms. The second-order valence-electron chi connectivity index (χ2n) is 2.96. The number of likely N-dealkylation sites (N-methyl/N-ethyl adjacent to an activating group) is 1. The summed E-state index contributed by atoms with van der Waals surface area (Å²) in [6.07, 6.45) is 0. The monoisotopic (exact) mass is 211 g/mol. The molecule has 0 amide bonds. The van der Waals surface area contributed by atoms with Gasteiger partial charge >= 0.3 is 0 Å². The Bertz CT molecular complexity index is 88.4. The first-order valence-corrected chi connectivity index (χ1v) is 4.35. The van der Waals surface area contributed by atoms with E-state index in [1.807, 2.05) is 0 Å². The molecule has 0 aliphatic carbocycles. The van der Waals surface area contributed by atoms with Gasteiger partial charge in [0.15, 0.2) is 0 Å². The third-order valence-corrected chi connectivity index (χ3v) is 1.70. The predicted octanol–water partition coefficient (Wildman–Crippen LogP) is -2.86. The fourth-order valence-electron chi connectivity index (χ4n) is 0.412. The minimum absolute atomic E-state index is 0.233. The Hall–Kier alpha value is -0.240. The molecule has 0 atom stereocenters. The molecule has 0 aromatic carbocycles. The molecule has 0 aromatic heterocycles. The minimum Gasteiger partial charge on any atom is -0.396 e. The topological polar surface area (TPSA) is 113 Å². The zero-order valence-electron chi connectivity index (χ0n) is 8.48. The van der Waals surface area contributed by atoms with Gasteiger partial charge in [-0.25, -0.2) is 0 Å². The maximum Gasteiger partial charge on any atom is 0.0627 e. The lowest BCUT2D eigenvalue weighted by Crippen LogP contribution is -2.37. The van der Waals surface area contributed by atoms with E-state index in [4.69, 9.17) is 25.5 Å². The maximum absolute atomic E-state index is 8.50. The number of rotatable bonds is 6. The third kappa shape index (κ3) is 7.19. The second-order valence-corrected chi connectivity index (χ2v) is 2.96. The number of hydrogen-bond donors (Lipinski definition) is 6. The summed E-state index contributed by atoms with van der Waals surface area (Å²) in [5.41, 5.74) is -1.11. The fourth-order valence-corrected chi connectivity index (χ4v) is 0.412. The molecule has 0 heterocycles. The molecule has 0 aliphatic heterocycles. The van der Waals surface area contributed by atoms with E-state index in [1.165, 1.54) is 0 Å². The van der Waals surface area contributed by atoms with E-state index in [0.29, 0.717) is 6.54 Å². The summed E-state index contributed by atoms with van der Waals surface area (Å²) in [6, 6.07) is 0. The Balaban J connectivity index is 0. The average molecular weight is 211 g/mol. The van der Waals surface area contributed by atoms with Crippen molar-refractivity contribution >= 4 is 0 Å². The first kappa shape index (κ1) is 16.2. The largest absolute Gasteiger partial charge is 0.396 e. The second kappa shape index (κ2) is 10.8. The minimum atomic E-state index is -1.11. The molecule has 0 saturated heterocycles. The molecule has 6 nitrogen and oxygen atoms in total. The van der Waals surface area contributed by atoms with Gasteiger partial charge in [0, 0.05) is 6.54 Å². The van der Waals surface area contributed by atoms with Gasteiger partial charge in [0.25, 0.3) is 0 Å². The lowest BCUT2D eigenvalue weighted by molar-refractivity contribution is -0.0328. The Labute approximate surface area is 83.8 Å². The van der Waals surface area contributed by atoms with Crippen LogP contribution in [0.3, 0.4) is 0 Å². The summed E-state index contributed by atoms with van der Waals surface area (Å²) >= 11 is 0. The number of aliphatic hydroxyl groups excluding tert-OH is 5. The summed E-state index contributed by atoms with van der Waals surface area (Å²) in [7, 11) is 1.80. The van der Waals surface area contributed by atoms with Gasteiger partial charge in [0.05, 0.1) is 38.4 Å². The molecule has 6 N–H and O–H groups in total. The van der Waals surface area contributed by atoms with Crippen molar-refractivity contribution in [2.45, 2.75) is 0 Å². The first-order valence-electron chi connectivity index (χ1n) is 4.35. The van der Waals surface area contributed by atoms with E-state index < -0.39 is 31.8 Å². The van der Waals surface area contributed by atoms with Crippen LogP contribution in [0.4, 0.5) is 0 Å². The highest BCUT2D eigenvalue weighted by molar-refractivity contribution is 4.74. The van der Waals surface area contributed by atoms with Gasteiger partial charge < -0.3 is 30.8 Å². The van der Waals surface area contributed by atoms with Crippen LogP contribution in [0, 0.1) is 5.41 Å². The van der Waals surface area contributed by atoms with Gasteiger partial charge in [-0.2, -0.15) is 0 Å². The van der Waals surface area contributed by atoms with E-state index >= 15 is 0 Å². The van der Waals surface area contributed by atoms with Crippen LogP contribution in [0.25, 0.3) is 0 Å². The lowest BCUT2D eigenvalue weighted by Gasteiger charge is -2.23. The molecule has 88 valence electrons. The van der Waals surface area contributed by atoms with Gasteiger partial charge in [0.2, 0.25) is 0 Å². The van der Waals surface area contributed by atoms with Gasteiger partial charge in [-0.05, 0) is 7.05 Å². The third-order valence-electron chi connectivity index (χ3n) is 1.70. The van der Waals surface area contributed by atoms with E-state index in [1.54, 1.807) is 7.05 Å². The Morgan fingerprint density at radius 1 is 0.857 bits per heavy atom. The molecule has 0 spiro atoms. The van der Waals surface area contributed by atoms with Gasteiger partial charge in [0.1, 0.15) is 0 Å². The molecule has 0 rings (SSSR count). The van der Waals surface area contributed by atoms with Crippen molar-refractivity contribution < 1.29 is 25.5 Å². The Morgan fingerprint density at radius 3 is 1.21 bits per heavy atom. The maximum atomic E-state index is 8.50. The quantitative estimate of drug-likeness (QED) is 0.282. The first-order chi connectivity index (χ1) is 6.66. The highest BCUT2D eigenvalue weighted by Gasteiger charge is 2.26. The van der Waals surface area contributed by atoms with Crippen molar-refractivity contribution in [1.82, 2.24) is 5.32 Å². The lowest BCUT2D eigenvalue weighted by atomic mass is 9.93.